The first-order valence-corrected chi connectivity index (χ1v) is 12.0. The monoisotopic (exact) mass is 450 g/mol. The van der Waals surface area contributed by atoms with Crippen LogP contribution in [0.5, 0.6) is 0 Å². The summed E-state index contributed by atoms with van der Waals surface area (Å²) >= 11 is 2.24. The van der Waals surface area contributed by atoms with Gasteiger partial charge in [0.2, 0.25) is 0 Å². The molecule has 5 rings (SSSR count). The zero-order chi connectivity index (χ0) is 22.4. The van der Waals surface area contributed by atoms with Gasteiger partial charge in [-0.1, -0.05) is 0 Å². The Kier molecular flexibility index (Phi) is 5.57. The maximum absolute atomic E-state index is 2.44. The molecule has 0 aromatic heterocycles. The molecule has 32 heavy (non-hydrogen) atoms. The quantitative estimate of drug-likeness (QED) is 0.287. The van der Waals surface area contributed by atoms with Gasteiger partial charge in [0, 0.05) is 0 Å². The predicted molar refractivity (Wildman–Crippen MR) is 133 cm³/mol. The molecule has 2 heteroatoms. The summed E-state index contributed by atoms with van der Waals surface area (Å²) in [6.45, 7) is 9.81. The first-order chi connectivity index (χ1) is 15.4. The Morgan fingerprint density at radius 1 is 0.781 bits per heavy atom. The molecule has 1 nitrogen and oxygen atoms in total. The van der Waals surface area contributed by atoms with Crippen molar-refractivity contribution in [2.24, 2.45) is 0 Å². The van der Waals surface area contributed by atoms with E-state index in [2.05, 4.69) is 131 Å². The van der Waals surface area contributed by atoms with Crippen molar-refractivity contribution in [2.45, 2.75) is 40.2 Å². The molecule has 4 aromatic carbocycles. The molecule has 0 radical (unpaired) electrons. The van der Waals surface area contributed by atoms with Crippen LogP contribution >= 0.6 is 0 Å². The van der Waals surface area contributed by atoms with Gasteiger partial charge in [0.15, 0.2) is 0 Å². The van der Waals surface area contributed by atoms with Crippen LogP contribution in [0.25, 0.3) is 16.8 Å². The van der Waals surface area contributed by atoms with Crippen LogP contribution in [0.2, 0.25) is 0 Å². The van der Waals surface area contributed by atoms with E-state index in [9.17, 15) is 0 Å². The number of fused-ring (bicyclic) bond motifs is 2. The molecular weight excluding hydrogens is 422 g/mol. The van der Waals surface area contributed by atoms with Crippen LogP contribution in [-0.2, 0) is 27.2 Å². The van der Waals surface area contributed by atoms with E-state index in [4.69, 9.17) is 0 Å². The number of anilines is 1. The van der Waals surface area contributed by atoms with Gasteiger partial charge in [-0.3, -0.25) is 0 Å². The van der Waals surface area contributed by atoms with Crippen LogP contribution in [0, 0.1) is 20.8 Å². The van der Waals surface area contributed by atoms with Crippen LogP contribution in [0.1, 0.15) is 51.8 Å². The van der Waals surface area contributed by atoms with E-state index in [0.717, 1.165) is 6.54 Å². The van der Waals surface area contributed by atoms with E-state index in [-0.39, 0.29) is 0 Å². The third-order valence-electron chi connectivity index (χ3n) is 6.75. The Bertz CT molecular complexity index is 1340. The average Bonchev–Trinajstić information content (AvgIpc) is 3.09. The van der Waals surface area contributed by atoms with Gasteiger partial charge in [0.1, 0.15) is 0 Å². The molecule has 0 spiro atoms. The molecule has 0 saturated heterocycles. The van der Waals surface area contributed by atoms with Gasteiger partial charge in [0.25, 0.3) is 0 Å². The van der Waals surface area contributed by atoms with Crippen LogP contribution in [0.4, 0.5) is 5.69 Å². The van der Waals surface area contributed by atoms with E-state index in [0.29, 0.717) is 5.92 Å². The minimum atomic E-state index is 0.319. The molecule has 0 heterocycles. The normalized spacial score (nSPS) is 15.0. The topological polar surface area (TPSA) is 3.24 Å². The molecule has 0 N–H and O–H groups in total. The average molecular weight is 450 g/mol. The van der Waals surface area contributed by atoms with Gasteiger partial charge in [-0.15, -0.1) is 0 Å². The molecule has 0 aliphatic heterocycles. The van der Waals surface area contributed by atoms with E-state index in [1.807, 2.05) is 0 Å². The fourth-order valence-corrected chi connectivity index (χ4v) is 6.32. The minimum absolute atomic E-state index is 0.319. The number of nitrogens with zero attached hydrogens (tertiary/aromatic N) is 1. The van der Waals surface area contributed by atoms with Crippen molar-refractivity contribution in [3.8, 4) is 0 Å². The fourth-order valence-electron chi connectivity index (χ4n) is 5.53. The third-order valence-corrected chi connectivity index (χ3v) is 7.35. The second-order valence-electron chi connectivity index (χ2n) is 9.14. The summed E-state index contributed by atoms with van der Waals surface area (Å²) in [4.78, 5) is 0. The van der Waals surface area contributed by atoms with Crippen molar-refractivity contribution in [1.82, 2.24) is 0 Å². The molecular formula is C30H28NTi. The molecule has 157 valence electrons. The number of rotatable bonds is 4. The Morgan fingerprint density at radius 2 is 1.47 bits per heavy atom. The molecule has 1 unspecified atom stereocenters. The molecule has 0 amide bonds. The first kappa shape index (κ1) is 21.3. The molecule has 1 aliphatic rings. The van der Waals surface area contributed by atoms with Crippen molar-refractivity contribution in [3.05, 3.63) is 117 Å². The summed E-state index contributed by atoms with van der Waals surface area (Å²) in [7, 11) is 0. The second-order valence-corrected chi connectivity index (χ2v) is 9.98. The molecule has 1 aliphatic carbocycles. The fraction of sp³-hybridized carbons (Fsp3) is 0.200. The number of hydrogen-bond donors (Lipinski definition) is 0. The number of aryl methyl sites for hydroxylation is 3. The van der Waals surface area contributed by atoms with Gasteiger partial charge in [0.05, 0.1) is 0 Å². The van der Waals surface area contributed by atoms with Crippen LogP contribution in [0.15, 0.2) is 78.4 Å². The first-order valence-electron chi connectivity index (χ1n) is 11.3. The third kappa shape index (κ3) is 3.64. The van der Waals surface area contributed by atoms with Crippen molar-refractivity contribution >= 4 is 22.5 Å². The molecule has 0 saturated carbocycles. The van der Waals surface area contributed by atoms with Crippen molar-refractivity contribution < 1.29 is 20.7 Å². The number of hydrogen-bond acceptors (Lipinski definition) is 1. The zero-order valence-electron chi connectivity index (χ0n) is 19.2. The number of allylic oxidation sites excluding steroid dienone is 1. The summed E-state index contributed by atoms with van der Waals surface area (Å²) in [5.41, 5.74) is 12.4. The van der Waals surface area contributed by atoms with Crippen LogP contribution in [-0.4, -0.2) is 0 Å². The van der Waals surface area contributed by atoms with E-state index < -0.39 is 0 Å². The van der Waals surface area contributed by atoms with Gasteiger partial charge < -0.3 is 0 Å². The van der Waals surface area contributed by atoms with Crippen molar-refractivity contribution in [2.75, 3.05) is 3.38 Å². The standard InChI is InChI=1S/C30H28N.Ti/c1-19-15-21(3)30(22(4)16-19)31-18-28-25-11-7-5-9-23(25)13-14-27(28)29-20(2)17-24-10-6-8-12-26(24)29;/h5-17,29H,18H2,1-4H3;/q-1;+1. The molecule has 0 bridgehead atoms. The van der Waals surface area contributed by atoms with Gasteiger partial charge in [-0.25, -0.2) is 0 Å². The Hall–Kier alpha value is -2.61. The van der Waals surface area contributed by atoms with Gasteiger partial charge >= 0.3 is 204 Å². The van der Waals surface area contributed by atoms with Crippen molar-refractivity contribution in [3.63, 3.8) is 0 Å². The SMILES string of the molecule is CC1=Cc2ccccc2C1c1ccc2ccccc2c1C[N]([Ti])c1c(C)cc(C)cc1C. The Balaban J connectivity index is 1.67. The summed E-state index contributed by atoms with van der Waals surface area (Å²) < 4.78 is 2.44. The second kappa shape index (κ2) is 8.39. The maximum atomic E-state index is 2.44. The summed E-state index contributed by atoms with van der Waals surface area (Å²) in [5, 5.41) is 2.67. The van der Waals surface area contributed by atoms with Crippen LogP contribution < -0.4 is 3.38 Å². The molecule has 1 atom stereocenters. The summed E-state index contributed by atoms with van der Waals surface area (Å²) in [6, 6.07) is 26.9. The number of benzene rings is 4. The van der Waals surface area contributed by atoms with E-state index in [1.54, 1.807) is 0 Å². The van der Waals surface area contributed by atoms with Gasteiger partial charge in [-0.2, -0.15) is 0 Å². The predicted octanol–water partition coefficient (Wildman–Crippen LogP) is 7.78. The van der Waals surface area contributed by atoms with E-state index >= 15 is 0 Å². The zero-order valence-corrected chi connectivity index (χ0v) is 20.8. The van der Waals surface area contributed by atoms with Crippen molar-refractivity contribution in [1.29, 1.82) is 0 Å². The Morgan fingerprint density at radius 3 is 2.25 bits per heavy atom. The summed E-state index contributed by atoms with van der Waals surface area (Å²) in [6.07, 6.45) is 2.36. The summed E-state index contributed by atoms with van der Waals surface area (Å²) in [5.74, 6) is 0.319. The van der Waals surface area contributed by atoms with Gasteiger partial charge in [-0.05, 0) is 0 Å². The molecule has 0 fully saturated rings. The van der Waals surface area contributed by atoms with E-state index in [1.165, 1.54) is 61.0 Å². The molecule has 4 aromatic rings. The Labute approximate surface area is 203 Å². The van der Waals surface area contributed by atoms with Crippen LogP contribution in [0.3, 0.4) is 0 Å².